The number of aromatic nitrogens is 1. The third kappa shape index (κ3) is 7.65. The van der Waals surface area contributed by atoms with Gasteiger partial charge in [-0.2, -0.15) is 0 Å². The van der Waals surface area contributed by atoms with Crippen molar-refractivity contribution >= 4 is 17.9 Å². The van der Waals surface area contributed by atoms with E-state index in [0.717, 1.165) is 23.2 Å². The Morgan fingerprint density at radius 1 is 1.11 bits per heavy atom. The van der Waals surface area contributed by atoms with Crippen LogP contribution in [0.25, 0.3) is 17.3 Å². The molecule has 0 aliphatic heterocycles. The molecule has 0 spiro atoms. The van der Waals surface area contributed by atoms with Crippen LogP contribution < -0.4 is 5.32 Å². The average Bonchev–Trinajstić information content (AvgIpc) is 2.61. The van der Waals surface area contributed by atoms with E-state index < -0.39 is 11.7 Å². The van der Waals surface area contributed by atoms with Gasteiger partial charge in [-0.1, -0.05) is 50.1 Å². The zero-order valence-corrected chi connectivity index (χ0v) is 16.8. The van der Waals surface area contributed by atoms with Gasteiger partial charge in [0.15, 0.2) is 0 Å². The van der Waals surface area contributed by atoms with Gasteiger partial charge in [-0.05, 0) is 57.4 Å². The molecule has 144 valence electrons. The number of benzene rings is 1. The van der Waals surface area contributed by atoms with E-state index in [2.05, 4.69) is 35.4 Å². The molecule has 0 aliphatic carbocycles. The molecule has 0 saturated heterocycles. The summed E-state index contributed by atoms with van der Waals surface area (Å²) in [6.45, 7) is 7.73. The van der Waals surface area contributed by atoms with E-state index in [4.69, 9.17) is 4.74 Å². The van der Waals surface area contributed by atoms with E-state index in [1.807, 2.05) is 57.3 Å². The van der Waals surface area contributed by atoms with E-state index in [9.17, 15) is 4.79 Å². The summed E-state index contributed by atoms with van der Waals surface area (Å²) in [6, 6.07) is 11.7. The van der Waals surface area contributed by atoms with Crippen molar-refractivity contribution in [2.45, 2.75) is 59.0 Å². The Bertz CT molecular complexity index is 741. The molecule has 0 aliphatic rings. The summed E-state index contributed by atoms with van der Waals surface area (Å²) < 4.78 is 5.25. The van der Waals surface area contributed by atoms with Gasteiger partial charge in [0.25, 0.3) is 0 Å². The lowest BCUT2D eigenvalue weighted by Crippen LogP contribution is -2.27. The maximum Gasteiger partial charge on any atom is 0.412 e. The van der Waals surface area contributed by atoms with Crippen LogP contribution in [-0.2, 0) is 4.74 Å². The number of anilines is 1. The van der Waals surface area contributed by atoms with Crippen molar-refractivity contribution in [1.29, 1.82) is 0 Å². The summed E-state index contributed by atoms with van der Waals surface area (Å²) in [7, 11) is 0. The third-order valence-electron chi connectivity index (χ3n) is 3.90. The smallest absolute Gasteiger partial charge is 0.412 e. The number of nitrogens with one attached hydrogen (secondary N) is 1. The van der Waals surface area contributed by atoms with E-state index in [1.54, 1.807) is 0 Å². The van der Waals surface area contributed by atoms with Gasteiger partial charge in [0.1, 0.15) is 5.60 Å². The minimum absolute atomic E-state index is 0.455. The van der Waals surface area contributed by atoms with Crippen molar-refractivity contribution in [1.82, 2.24) is 4.98 Å². The topological polar surface area (TPSA) is 51.2 Å². The van der Waals surface area contributed by atoms with Crippen molar-refractivity contribution in [3.8, 4) is 11.3 Å². The average molecular weight is 367 g/mol. The number of hydrogen-bond acceptors (Lipinski definition) is 3. The standard InChI is InChI=1S/C23H30N2O2/c1-5-6-7-8-9-10-18-11-16-21(24-17-18)19-12-14-20(15-13-19)25-22(26)27-23(2,3)4/h9-17H,5-8H2,1-4H3,(H,25,26). The number of allylic oxidation sites excluding steroid dienone is 1. The molecule has 0 bridgehead atoms. The largest absolute Gasteiger partial charge is 0.444 e. The normalized spacial score (nSPS) is 11.6. The van der Waals surface area contributed by atoms with Crippen molar-refractivity contribution in [3.05, 3.63) is 54.2 Å². The highest BCUT2D eigenvalue weighted by atomic mass is 16.6. The number of hydrogen-bond donors (Lipinski definition) is 1. The van der Waals surface area contributed by atoms with Crippen LogP contribution in [0.2, 0.25) is 0 Å². The molecule has 2 rings (SSSR count). The summed E-state index contributed by atoms with van der Waals surface area (Å²) in [4.78, 5) is 16.4. The maximum atomic E-state index is 11.8. The van der Waals surface area contributed by atoms with Crippen LogP contribution in [0, 0.1) is 0 Å². The molecular weight excluding hydrogens is 336 g/mol. The van der Waals surface area contributed by atoms with Crippen LogP contribution in [0.4, 0.5) is 10.5 Å². The summed E-state index contributed by atoms with van der Waals surface area (Å²) in [5, 5.41) is 2.73. The van der Waals surface area contributed by atoms with Crippen LogP contribution in [0.3, 0.4) is 0 Å². The summed E-state index contributed by atoms with van der Waals surface area (Å²) >= 11 is 0. The molecular formula is C23H30N2O2. The van der Waals surface area contributed by atoms with Gasteiger partial charge >= 0.3 is 6.09 Å². The van der Waals surface area contributed by atoms with E-state index in [1.165, 1.54) is 19.3 Å². The highest BCUT2D eigenvalue weighted by molar-refractivity contribution is 5.85. The molecule has 0 radical (unpaired) electrons. The Balaban J connectivity index is 1.93. The third-order valence-corrected chi connectivity index (χ3v) is 3.90. The van der Waals surface area contributed by atoms with Crippen LogP contribution in [-0.4, -0.2) is 16.7 Å². The summed E-state index contributed by atoms with van der Waals surface area (Å²) in [5.74, 6) is 0. The van der Waals surface area contributed by atoms with Gasteiger partial charge in [-0.25, -0.2) is 4.79 Å². The van der Waals surface area contributed by atoms with E-state index in [-0.39, 0.29) is 0 Å². The zero-order chi connectivity index (χ0) is 19.7. The Labute approximate surface area is 162 Å². The number of ether oxygens (including phenoxy) is 1. The SMILES string of the molecule is CCCCCC=Cc1ccc(-c2ccc(NC(=O)OC(C)(C)C)cc2)nc1. The molecule has 0 atom stereocenters. The Hall–Kier alpha value is -2.62. The molecule has 1 amide bonds. The van der Waals surface area contributed by atoms with Crippen molar-refractivity contribution in [2.75, 3.05) is 5.32 Å². The van der Waals surface area contributed by atoms with Gasteiger partial charge in [-0.3, -0.25) is 10.3 Å². The van der Waals surface area contributed by atoms with Crippen molar-refractivity contribution in [3.63, 3.8) is 0 Å². The predicted octanol–water partition coefficient (Wildman–Crippen LogP) is 6.69. The van der Waals surface area contributed by atoms with Crippen LogP contribution in [0.5, 0.6) is 0 Å². The van der Waals surface area contributed by atoms with Crippen LogP contribution in [0.1, 0.15) is 58.9 Å². The zero-order valence-electron chi connectivity index (χ0n) is 16.8. The van der Waals surface area contributed by atoms with E-state index >= 15 is 0 Å². The highest BCUT2D eigenvalue weighted by Gasteiger charge is 2.16. The van der Waals surface area contributed by atoms with Gasteiger partial charge in [0, 0.05) is 17.4 Å². The fraction of sp³-hybridized carbons (Fsp3) is 0.391. The van der Waals surface area contributed by atoms with Gasteiger partial charge in [0.05, 0.1) is 5.69 Å². The Kier molecular flexibility index (Phi) is 7.59. The molecule has 4 heteroatoms. The number of nitrogens with zero attached hydrogens (tertiary/aromatic N) is 1. The fourth-order valence-electron chi connectivity index (χ4n) is 2.55. The minimum Gasteiger partial charge on any atom is -0.444 e. The molecule has 4 nitrogen and oxygen atoms in total. The summed E-state index contributed by atoms with van der Waals surface area (Å²) in [5.41, 5.74) is 3.20. The van der Waals surface area contributed by atoms with Crippen molar-refractivity contribution < 1.29 is 9.53 Å². The highest BCUT2D eigenvalue weighted by Crippen LogP contribution is 2.20. The molecule has 0 unspecified atom stereocenters. The lowest BCUT2D eigenvalue weighted by atomic mass is 10.1. The van der Waals surface area contributed by atoms with Crippen molar-refractivity contribution in [2.24, 2.45) is 0 Å². The molecule has 1 heterocycles. The molecule has 0 fully saturated rings. The number of carbonyl (C=O) groups excluding carboxylic acids is 1. The number of carbonyl (C=O) groups is 1. The lowest BCUT2D eigenvalue weighted by Gasteiger charge is -2.19. The maximum absolute atomic E-state index is 11.8. The second-order valence-electron chi connectivity index (χ2n) is 7.58. The number of amides is 1. The molecule has 0 saturated carbocycles. The van der Waals surface area contributed by atoms with Crippen LogP contribution >= 0.6 is 0 Å². The van der Waals surface area contributed by atoms with Crippen LogP contribution in [0.15, 0.2) is 48.7 Å². The Morgan fingerprint density at radius 2 is 1.85 bits per heavy atom. The Morgan fingerprint density at radius 3 is 2.44 bits per heavy atom. The molecule has 27 heavy (non-hydrogen) atoms. The second kappa shape index (κ2) is 9.91. The molecule has 2 aromatic rings. The lowest BCUT2D eigenvalue weighted by molar-refractivity contribution is 0.0636. The number of pyridine rings is 1. The first-order chi connectivity index (χ1) is 12.9. The van der Waals surface area contributed by atoms with E-state index in [0.29, 0.717) is 5.69 Å². The number of unbranched alkanes of at least 4 members (excludes halogenated alkanes) is 3. The molecule has 1 aromatic carbocycles. The first kappa shape index (κ1) is 20.7. The first-order valence-electron chi connectivity index (χ1n) is 9.60. The molecule has 1 aromatic heterocycles. The quantitative estimate of drug-likeness (QED) is 0.555. The molecule has 1 N–H and O–H groups in total. The first-order valence-corrected chi connectivity index (χ1v) is 9.60. The van der Waals surface area contributed by atoms with Gasteiger partial charge in [0.2, 0.25) is 0 Å². The minimum atomic E-state index is -0.514. The summed E-state index contributed by atoms with van der Waals surface area (Å²) in [6.07, 6.45) is 10.6. The monoisotopic (exact) mass is 366 g/mol. The van der Waals surface area contributed by atoms with Gasteiger partial charge < -0.3 is 4.74 Å². The number of rotatable bonds is 7. The fourth-order valence-corrected chi connectivity index (χ4v) is 2.55. The predicted molar refractivity (Wildman–Crippen MR) is 113 cm³/mol. The second-order valence-corrected chi connectivity index (χ2v) is 7.58. The van der Waals surface area contributed by atoms with Gasteiger partial charge in [-0.15, -0.1) is 0 Å².